The normalized spacial score (nSPS) is 17.9. The highest BCUT2D eigenvalue weighted by molar-refractivity contribution is 14.0. The zero-order valence-corrected chi connectivity index (χ0v) is 19.6. The number of nitrogens with one attached hydrogen (secondary N) is 2. The van der Waals surface area contributed by atoms with Gasteiger partial charge in [0.25, 0.3) is 0 Å². The maximum atomic E-state index is 5.65. The van der Waals surface area contributed by atoms with Gasteiger partial charge in [0, 0.05) is 31.7 Å². The summed E-state index contributed by atoms with van der Waals surface area (Å²) in [5.74, 6) is 3.23. The van der Waals surface area contributed by atoms with Gasteiger partial charge in [0.1, 0.15) is 0 Å². The largest absolute Gasteiger partial charge is 0.454 e. The van der Waals surface area contributed by atoms with E-state index in [9.17, 15) is 0 Å². The van der Waals surface area contributed by atoms with Gasteiger partial charge in [0.2, 0.25) is 6.79 Å². The first-order valence-corrected chi connectivity index (χ1v) is 10.1. The molecule has 0 bridgehead atoms. The van der Waals surface area contributed by atoms with E-state index in [-0.39, 0.29) is 29.4 Å². The second-order valence-corrected chi connectivity index (χ2v) is 7.77. The summed E-state index contributed by atoms with van der Waals surface area (Å²) in [6, 6.07) is 6.31. The molecule has 0 unspecified atom stereocenters. The van der Waals surface area contributed by atoms with Crippen molar-refractivity contribution >= 4 is 29.9 Å². The van der Waals surface area contributed by atoms with Crippen LogP contribution < -0.4 is 20.1 Å². The van der Waals surface area contributed by atoms with Crippen molar-refractivity contribution in [2.24, 2.45) is 10.9 Å². The number of ether oxygens (including phenoxy) is 3. The Hall–Kier alpha value is -1.22. The Morgan fingerprint density at radius 3 is 2.61 bits per heavy atom. The van der Waals surface area contributed by atoms with Crippen LogP contribution in [0.1, 0.15) is 45.6 Å². The molecule has 0 aromatic heterocycles. The molecule has 0 aliphatic carbocycles. The van der Waals surface area contributed by atoms with E-state index in [4.69, 9.17) is 19.2 Å². The Labute approximate surface area is 185 Å². The predicted octanol–water partition coefficient (Wildman–Crippen LogP) is 3.68. The zero-order valence-electron chi connectivity index (χ0n) is 17.3. The fraction of sp³-hybridized carbons (Fsp3) is 0.667. The summed E-state index contributed by atoms with van der Waals surface area (Å²) in [4.78, 5) is 4.94. The second-order valence-electron chi connectivity index (χ2n) is 7.77. The van der Waals surface area contributed by atoms with Crippen LogP contribution >= 0.6 is 24.0 Å². The van der Waals surface area contributed by atoms with Crippen molar-refractivity contribution in [3.63, 3.8) is 0 Å². The van der Waals surface area contributed by atoms with Crippen LogP contribution in [0.2, 0.25) is 0 Å². The minimum Gasteiger partial charge on any atom is -0.454 e. The highest BCUT2D eigenvalue weighted by Crippen LogP contribution is 2.41. The number of nitrogens with zero attached hydrogens (tertiary/aromatic N) is 1. The Morgan fingerprint density at radius 2 is 1.89 bits per heavy atom. The van der Waals surface area contributed by atoms with Crippen molar-refractivity contribution < 1.29 is 14.2 Å². The van der Waals surface area contributed by atoms with Crippen LogP contribution in [0, 0.1) is 5.92 Å². The van der Waals surface area contributed by atoms with E-state index < -0.39 is 0 Å². The topological polar surface area (TPSA) is 64.1 Å². The van der Waals surface area contributed by atoms with Gasteiger partial charge in [-0.3, -0.25) is 4.99 Å². The molecule has 158 valence electrons. The molecule has 0 saturated carbocycles. The number of rotatable bonds is 7. The minimum absolute atomic E-state index is 0. The van der Waals surface area contributed by atoms with Crippen LogP contribution in [0.3, 0.4) is 0 Å². The van der Waals surface area contributed by atoms with Gasteiger partial charge in [-0.1, -0.05) is 19.9 Å². The molecule has 0 amide bonds. The number of aliphatic imine (C=N–C) groups is 1. The lowest BCUT2D eigenvalue weighted by Gasteiger charge is -2.36. The number of halogens is 1. The fourth-order valence-corrected chi connectivity index (χ4v) is 3.58. The third-order valence-electron chi connectivity index (χ3n) is 5.33. The molecule has 2 aliphatic rings. The summed E-state index contributed by atoms with van der Waals surface area (Å²) in [7, 11) is 0. The molecule has 2 heterocycles. The van der Waals surface area contributed by atoms with Gasteiger partial charge in [-0.05, 0) is 49.8 Å². The van der Waals surface area contributed by atoms with E-state index in [0.29, 0.717) is 12.7 Å². The first-order valence-electron chi connectivity index (χ1n) is 10.1. The lowest BCUT2D eigenvalue weighted by molar-refractivity contribution is 0.0530. The lowest BCUT2D eigenvalue weighted by Crippen LogP contribution is -2.41. The quantitative estimate of drug-likeness (QED) is 0.338. The highest BCUT2D eigenvalue weighted by atomic mass is 127. The highest BCUT2D eigenvalue weighted by Gasteiger charge is 2.35. The van der Waals surface area contributed by atoms with Gasteiger partial charge >= 0.3 is 0 Å². The number of hydrogen-bond acceptors (Lipinski definition) is 4. The van der Waals surface area contributed by atoms with Crippen LogP contribution in [0.15, 0.2) is 23.2 Å². The fourth-order valence-electron chi connectivity index (χ4n) is 3.58. The van der Waals surface area contributed by atoms with Crippen molar-refractivity contribution in [2.75, 3.05) is 39.6 Å². The standard InChI is InChI=1S/C21H33N3O3.HI/c1-4-22-20(23-10-7-16(2)3)24-14-21(8-11-25-12-9-21)17-5-6-18-19(13-17)27-15-26-18;/h5-6,13,16H,4,7-12,14-15H2,1-3H3,(H2,22,23,24);1H. The molecule has 28 heavy (non-hydrogen) atoms. The van der Waals surface area contributed by atoms with Crippen molar-refractivity contribution in [3.8, 4) is 11.5 Å². The molecule has 0 radical (unpaired) electrons. The Balaban J connectivity index is 0.00000280. The molecule has 1 saturated heterocycles. The first kappa shape index (κ1) is 23.1. The van der Waals surface area contributed by atoms with Gasteiger partial charge < -0.3 is 24.8 Å². The van der Waals surface area contributed by atoms with E-state index in [2.05, 4.69) is 43.5 Å². The molecule has 2 N–H and O–H groups in total. The SMILES string of the molecule is CCNC(=NCC1(c2ccc3c(c2)OCO3)CCOCC1)NCCC(C)C.I. The predicted molar refractivity (Wildman–Crippen MR) is 123 cm³/mol. The summed E-state index contributed by atoms with van der Waals surface area (Å²) >= 11 is 0. The van der Waals surface area contributed by atoms with E-state index >= 15 is 0 Å². The van der Waals surface area contributed by atoms with Crippen LogP contribution in [0.4, 0.5) is 0 Å². The minimum atomic E-state index is -0.0281. The molecular formula is C21H34IN3O3. The summed E-state index contributed by atoms with van der Waals surface area (Å²) in [5.41, 5.74) is 1.23. The van der Waals surface area contributed by atoms with Crippen LogP contribution in [0.25, 0.3) is 0 Å². The molecular weight excluding hydrogens is 469 g/mol. The van der Waals surface area contributed by atoms with Gasteiger partial charge in [-0.15, -0.1) is 24.0 Å². The van der Waals surface area contributed by atoms with E-state index in [1.54, 1.807) is 0 Å². The summed E-state index contributed by atoms with van der Waals surface area (Å²) in [6.07, 6.45) is 3.05. The Morgan fingerprint density at radius 1 is 1.14 bits per heavy atom. The van der Waals surface area contributed by atoms with Crippen molar-refractivity contribution in [3.05, 3.63) is 23.8 Å². The molecule has 0 spiro atoms. The Kier molecular flexibility index (Phi) is 9.14. The smallest absolute Gasteiger partial charge is 0.231 e. The van der Waals surface area contributed by atoms with Crippen molar-refractivity contribution in [1.29, 1.82) is 0 Å². The maximum Gasteiger partial charge on any atom is 0.231 e. The summed E-state index contributed by atoms with van der Waals surface area (Å²) < 4.78 is 16.7. The molecule has 1 aromatic carbocycles. The van der Waals surface area contributed by atoms with Crippen LogP contribution in [0.5, 0.6) is 11.5 Å². The van der Waals surface area contributed by atoms with Gasteiger partial charge in [0.15, 0.2) is 17.5 Å². The number of hydrogen-bond donors (Lipinski definition) is 2. The number of fused-ring (bicyclic) bond motifs is 1. The van der Waals surface area contributed by atoms with E-state index in [1.807, 2.05) is 6.07 Å². The van der Waals surface area contributed by atoms with E-state index in [0.717, 1.165) is 69.6 Å². The summed E-state index contributed by atoms with van der Waals surface area (Å²) in [5, 5.41) is 6.83. The molecule has 1 fully saturated rings. The molecule has 0 atom stereocenters. The molecule has 1 aromatic rings. The van der Waals surface area contributed by atoms with Crippen molar-refractivity contribution in [2.45, 2.75) is 45.4 Å². The average molecular weight is 503 g/mol. The van der Waals surface area contributed by atoms with Crippen molar-refractivity contribution in [1.82, 2.24) is 10.6 Å². The molecule has 3 rings (SSSR count). The average Bonchev–Trinajstić information content (AvgIpc) is 3.14. The zero-order chi connectivity index (χ0) is 19.1. The Bertz CT molecular complexity index is 646. The first-order chi connectivity index (χ1) is 13.1. The van der Waals surface area contributed by atoms with Gasteiger partial charge in [-0.25, -0.2) is 0 Å². The number of benzene rings is 1. The van der Waals surface area contributed by atoms with E-state index in [1.165, 1.54) is 5.56 Å². The number of guanidine groups is 1. The molecule has 2 aliphatic heterocycles. The molecule has 6 nitrogen and oxygen atoms in total. The summed E-state index contributed by atoms with van der Waals surface area (Å²) in [6.45, 7) is 10.9. The van der Waals surface area contributed by atoms with Gasteiger partial charge in [-0.2, -0.15) is 0 Å². The molecule has 7 heteroatoms. The van der Waals surface area contributed by atoms with Gasteiger partial charge in [0.05, 0.1) is 6.54 Å². The third-order valence-corrected chi connectivity index (χ3v) is 5.33. The maximum absolute atomic E-state index is 5.65. The third kappa shape index (κ3) is 5.89. The van der Waals surface area contributed by atoms with Crippen LogP contribution in [-0.2, 0) is 10.2 Å². The monoisotopic (exact) mass is 503 g/mol. The van der Waals surface area contributed by atoms with Crippen LogP contribution in [-0.4, -0.2) is 45.6 Å². The second kappa shape index (κ2) is 11.1. The lowest BCUT2D eigenvalue weighted by atomic mass is 9.74.